The maximum absolute atomic E-state index is 5.77. The van der Waals surface area contributed by atoms with E-state index in [1.807, 2.05) is 12.1 Å². The van der Waals surface area contributed by atoms with Crippen LogP contribution in [0.3, 0.4) is 0 Å². The zero-order valence-electron chi connectivity index (χ0n) is 11.0. The molecule has 6 heteroatoms. The Labute approximate surface area is 130 Å². The summed E-state index contributed by atoms with van der Waals surface area (Å²) >= 11 is 5.03. The van der Waals surface area contributed by atoms with Gasteiger partial charge in [0.05, 0.1) is 0 Å². The van der Waals surface area contributed by atoms with Crippen LogP contribution in [0.2, 0.25) is 0 Å². The average Bonchev–Trinajstić information content (AvgIpc) is 2.97. The lowest BCUT2D eigenvalue weighted by Gasteiger charge is -2.18. The Hall–Kier alpha value is -0.850. The molecule has 106 valence electrons. The molecule has 0 radical (unpaired) electrons. The van der Waals surface area contributed by atoms with Crippen LogP contribution in [0.1, 0.15) is 30.2 Å². The molecule has 1 N–H and O–H groups in total. The third-order valence-corrected chi connectivity index (χ3v) is 4.80. The minimum Gasteiger partial charge on any atom is -0.416 e. The number of halogens is 1. The van der Waals surface area contributed by atoms with Crippen LogP contribution >= 0.6 is 27.7 Å². The Balaban J connectivity index is 1.58. The molecule has 1 aromatic heterocycles. The third-order valence-electron chi connectivity index (χ3n) is 3.39. The molecular weight excluding hydrogens is 338 g/mol. The van der Waals surface area contributed by atoms with E-state index in [2.05, 4.69) is 43.6 Å². The number of nitrogens with one attached hydrogen (secondary N) is 1. The standard InChI is InChI=1S/C14H16BrN3OS/c15-12-3-1-10(2-4-12)9-20-14-18-17-13(19-14)11-5-7-16-8-6-11/h1-4,11,16H,5-9H2. The van der Waals surface area contributed by atoms with Crippen molar-refractivity contribution in [2.24, 2.45) is 0 Å². The number of nitrogens with zero attached hydrogens (tertiary/aromatic N) is 2. The Kier molecular flexibility index (Phi) is 4.75. The Morgan fingerprint density at radius 2 is 1.95 bits per heavy atom. The molecule has 2 aromatic rings. The van der Waals surface area contributed by atoms with E-state index < -0.39 is 0 Å². The molecule has 20 heavy (non-hydrogen) atoms. The summed E-state index contributed by atoms with van der Waals surface area (Å²) in [5.41, 5.74) is 1.25. The largest absolute Gasteiger partial charge is 0.416 e. The van der Waals surface area contributed by atoms with E-state index in [0.717, 1.165) is 42.0 Å². The van der Waals surface area contributed by atoms with Crippen molar-refractivity contribution in [3.8, 4) is 0 Å². The van der Waals surface area contributed by atoms with E-state index in [0.29, 0.717) is 11.1 Å². The van der Waals surface area contributed by atoms with Crippen LogP contribution < -0.4 is 5.32 Å². The second kappa shape index (κ2) is 6.74. The molecule has 0 spiro atoms. The monoisotopic (exact) mass is 353 g/mol. The van der Waals surface area contributed by atoms with E-state index in [1.54, 1.807) is 11.8 Å². The van der Waals surface area contributed by atoms with Gasteiger partial charge in [0.15, 0.2) is 0 Å². The first-order valence-electron chi connectivity index (χ1n) is 6.72. The van der Waals surface area contributed by atoms with Crippen molar-refractivity contribution in [3.63, 3.8) is 0 Å². The van der Waals surface area contributed by atoms with Crippen LogP contribution in [-0.2, 0) is 5.75 Å². The van der Waals surface area contributed by atoms with Gasteiger partial charge in [0.1, 0.15) is 0 Å². The van der Waals surface area contributed by atoms with Crippen LogP contribution in [0, 0.1) is 0 Å². The van der Waals surface area contributed by atoms with Crippen molar-refractivity contribution in [3.05, 3.63) is 40.2 Å². The molecule has 3 rings (SSSR count). The van der Waals surface area contributed by atoms with Gasteiger partial charge < -0.3 is 9.73 Å². The lowest BCUT2D eigenvalue weighted by molar-refractivity contribution is 0.342. The second-order valence-corrected chi connectivity index (χ2v) is 6.69. The van der Waals surface area contributed by atoms with Gasteiger partial charge in [0, 0.05) is 16.1 Å². The van der Waals surface area contributed by atoms with Gasteiger partial charge in [-0.05, 0) is 43.6 Å². The maximum atomic E-state index is 5.77. The highest BCUT2D eigenvalue weighted by atomic mass is 79.9. The number of rotatable bonds is 4. The van der Waals surface area contributed by atoms with Crippen molar-refractivity contribution < 1.29 is 4.42 Å². The molecule has 0 atom stereocenters. The first-order chi connectivity index (χ1) is 9.81. The van der Waals surface area contributed by atoms with Gasteiger partial charge in [0.2, 0.25) is 5.89 Å². The smallest absolute Gasteiger partial charge is 0.276 e. The predicted octanol–water partition coefficient (Wildman–Crippen LogP) is 3.59. The van der Waals surface area contributed by atoms with E-state index >= 15 is 0 Å². The second-order valence-electron chi connectivity index (χ2n) is 4.85. The zero-order valence-corrected chi connectivity index (χ0v) is 13.4. The zero-order chi connectivity index (χ0) is 13.8. The van der Waals surface area contributed by atoms with E-state index in [4.69, 9.17) is 4.42 Å². The molecule has 1 aliphatic rings. The molecular formula is C14H16BrN3OS. The molecule has 0 bridgehead atoms. The quantitative estimate of drug-likeness (QED) is 0.851. The number of hydrogen-bond acceptors (Lipinski definition) is 5. The van der Waals surface area contributed by atoms with Crippen molar-refractivity contribution in [2.75, 3.05) is 13.1 Å². The number of hydrogen-bond donors (Lipinski definition) is 1. The van der Waals surface area contributed by atoms with Crippen LogP contribution in [0.4, 0.5) is 0 Å². The number of aromatic nitrogens is 2. The molecule has 0 aliphatic carbocycles. The molecule has 0 unspecified atom stereocenters. The fraction of sp³-hybridized carbons (Fsp3) is 0.429. The van der Waals surface area contributed by atoms with Gasteiger partial charge in [0.25, 0.3) is 5.22 Å². The fourth-order valence-corrected chi connectivity index (χ4v) is 3.23. The highest BCUT2D eigenvalue weighted by Crippen LogP contribution is 2.28. The summed E-state index contributed by atoms with van der Waals surface area (Å²) < 4.78 is 6.87. The molecule has 1 aromatic carbocycles. The topological polar surface area (TPSA) is 51.0 Å². The van der Waals surface area contributed by atoms with Crippen LogP contribution in [0.25, 0.3) is 0 Å². The van der Waals surface area contributed by atoms with Gasteiger partial charge in [-0.15, -0.1) is 10.2 Å². The van der Waals surface area contributed by atoms with Crippen molar-refractivity contribution in [1.29, 1.82) is 0 Å². The van der Waals surface area contributed by atoms with Gasteiger partial charge in [-0.25, -0.2) is 0 Å². The van der Waals surface area contributed by atoms with Crippen LogP contribution in [0.5, 0.6) is 0 Å². The van der Waals surface area contributed by atoms with Gasteiger partial charge >= 0.3 is 0 Å². The third kappa shape index (κ3) is 3.62. The summed E-state index contributed by atoms with van der Waals surface area (Å²) in [5.74, 6) is 2.07. The minimum atomic E-state index is 0.422. The lowest BCUT2D eigenvalue weighted by atomic mass is 9.98. The summed E-state index contributed by atoms with van der Waals surface area (Å²) in [7, 11) is 0. The summed E-state index contributed by atoms with van der Waals surface area (Å²) in [6, 6.07) is 8.29. The number of benzene rings is 1. The molecule has 0 amide bonds. The minimum absolute atomic E-state index is 0.422. The highest BCUT2D eigenvalue weighted by Gasteiger charge is 2.21. The Morgan fingerprint density at radius 1 is 1.20 bits per heavy atom. The van der Waals surface area contributed by atoms with E-state index in [9.17, 15) is 0 Å². The van der Waals surface area contributed by atoms with Crippen molar-refractivity contribution >= 4 is 27.7 Å². The van der Waals surface area contributed by atoms with E-state index in [1.165, 1.54) is 5.56 Å². The maximum Gasteiger partial charge on any atom is 0.276 e. The van der Waals surface area contributed by atoms with Crippen molar-refractivity contribution in [2.45, 2.75) is 29.7 Å². The first-order valence-corrected chi connectivity index (χ1v) is 8.50. The Bertz CT molecular complexity index is 552. The summed E-state index contributed by atoms with van der Waals surface area (Å²) in [5, 5.41) is 12.3. The normalized spacial score (nSPS) is 16.4. The molecule has 1 fully saturated rings. The number of piperidine rings is 1. The summed E-state index contributed by atoms with van der Waals surface area (Å²) in [6.07, 6.45) is 2.16. The van der Waals surface area contributed by atoms with Crippen LogP contribution in [0.15, 0.2) is 38.4 Å². The van der Waals surface area contributed by atoms with Gasteiger partial charge in [-0.1, -0.05) is 39.8 Å². The molecule has 4 nitrogen and oxygen atoms in total. The first kappa shape index (κ1) is 14.1. The molecule has 1 saturated heterocycles. The SMILES string of the molecule is Brc1ccc(CSc2nnc(C3CCNCC3)o2)cc1. The van der Waals surface area contributed by atoms with Gasteiger partial charge in [-0.3, -0.25) is 0 Å². The van der Waals surface area contributed by atoms with Gasteiger partial charge in [-0.2, -0.15) is 0 Å². The van der Waals surface area contributed by atoms with Crippen molar-refractivity contribution in [1.82, 2.24) is 15.5 Å². The molecule has 1 aliphatic heterocycles. The average molecular weight is 354 g/mol. The van der Waals surface area contributed by atoms with E-state index in [-0.39, 0.29) is 0 Å². The van der Waals surface area contributed by atoms with Crippen LogP contribution in [-0.4, -0.2) is 23.3 Å². The molecule has 0 saturated carbocycles. The predicted molar refractivity (Wildman–Crippen MR) is 82.8 cm³/mol. The summed E-state index contributed by atoms with van der Waals surface area (Å²) in [6.45, 7) is 2.07. The number of thioether (sulfide) groups is 1. The summed E-state index contributed by atoms with van der Waals surface area (Å²) in [4.78, 5) is 0. The molecule has 2 heterocycles. The lowest BCUT2D eigenvalue weighted by Crippen LogP contribution is -2.26. The Morgan fingerprint density at radius 3 is 2.70 bits per heavy atom. The highest BCUT2D eigenvalue weighted by molar-refractivity contribution is 9.10. The fourth-order valence-electron chi connectivity index (χ4n) is 2.24.